The largest absolute Gasteiger partial charge is 0.358 e. The number of anilines is 1. The van der Waals surface area contributed by atoms with Gasteiger partial charge >= 0.3 is 0 Å². The van der Waals surface area contributed by atoms with E-state index in [2.05, 4.69) is 10.2 Å². The Hall–Kier alpha value is -1.69. The van der Waals surface area contributed by atoms with Crippen molar-refractivity contribution in [2.24, 2.45) is 0 Å². The molecule has 0 atom stereocenters. The smallest absolute Gasteiger partial charge is 0.295 e. The molecule has 0 unspecified atom stereocenters. The lowest BCUT2D eigenvalue weighted by Gasteiger charge is -2.50. The van der Waals surface area contributed by atoms with Gasteiger partial charge in [0.05, 0.1) is 16.5 Å². The average Bonchev–Trinajstić information content (AvgIpc) is 2.49. The SMILES string of the molecule is O=[N+]([O-])c1cc(F)ccc1N1CCNCC12CCCCC2. The maximum atomic E-state index is 13.4. The second-order valence-corrected chi connectivity index (χ2v) is 6.00. The molecule has 1 N–H and O–H groups in total. The quantitative estimate of drug-likeness (QED) is 0.673. The van der Waals surface area contributed by atoms with Gasteiger partial charge in [-0.15, -0.1) is 0 Å². The van der Waals surface area contributed by atoms with Crippen molar-refractivity contribution in [2.45, 2.75) is 37.6 Å². The molecule has 0 radical (unpaired) electrons. The summed E-state index contributed by atoms with van der Waals surface area (Å²) in [4.78, 5) is 13.0. The van der Waals surface area contributed by atoms with Gasteiger partial charge in [0.25, 0.3) is 5.69 Å². The molecule has 6 heteroatoms. The first-order valence-electron chi connectivity index (χ1n) is 7.55. The Morgan fingerprint density at radius 2 is 2.05 bits per heavy atom. The van der Waals surface area contributed by atoms with Crippen molar-refractivity contribution < 1.29 is 9.31 Å². The number of nitro benzene ring substituents is 1. The highest BCUT2D eigenvalue weighted by Crippen LogP contribution is 2.41. The van der Waals surface area contributed by atoms with Crippen LogP contribution in [-0.4, -0.2) is 30.1 Å². The van der Waals surface area contributed by atoms with E-state index in [9.17, 15) is 14.5 Å². The van der Waals surface area contributed by atoms with Crippen LogP contribution in [0, 0.1) is 15.9 Å². The Balaban J connectivity index is 2.02. The van der Waals surface area contributed by atoms with Crippen LogP contribution in [0.2, 0.25) is 0 Å². The summed E-state index contributed by atoms with van der Waals surface area (Å²) in [7, 11) is 0. The fourth-order valence-electron chi connectivity index (χ4n) is 3.75. The lowest BCUT2D eigenvalue weighted by atomic mass is 9.78. The summed E-state index contributed by atoms with van der Waals surface area (Å²) < 4.78 is 13.4. The second kappa shape index (κ2) is 5.60. The molecule has 2 aliphatic rings. The Labute approximate surface area is 123 Å². The van der Waals surface area contributed by atoms with Gasteiger partial charge in [-0.1, -0.05) is 19.3 Å². The van der Waals surface area contributed by atoms with Crippen molar-refractivity contribution in [3.63, 3.8) is 0 Å². The molecule has 5 nitrogen and oxygen atoms in total. The summed E-state index contributed by atoms with van der Waals surface area (Å²) in [6.45, 7) is 2.38. The van der Waals surface area contributed by atoms with Crippen LogP contribution in [0.25, 0.3) is 0 Å². The fourth-order valence-corrected chi connectivity index (χ4v) is 3.75. The molecule has 1 saturated heterocycles. The van der Waals surface area contributed by atoms with Gasteiger partial charge in [-0.2, -0.15) is 0 Å². The molecular weight excluding hydrogens is 273 g/mol. The minimum Gasteiger partial charge on any atom is -0.358 e. The van der Waals surface area contributed by atoms with Crippen LogP contribution in [0.1, 0.15) is 32.1 Å². The molecule has 1 spiro atoms. The highest BCUT2D eigenvalue weighted by molar-refractivity contribution is 5.65. The molecule has 1 heterocycles. The van der Waals surface area contributed by atoms with Crippen molar-refractivity contribution >= 4 is 11.4 Å². The molecule has 1 aliphatic carbocycles. The summed E-state index contributed by atoms with van der Waals surface area (Å²) >= 11 is 0. The molecule has 1 aliphatic heterocycles. The lowest BCUT2D eigenvalue weighted by molar-refractivity contribution is -0.384. The van der Waals surface area contributed by atoms with E-state index in [1.165, 1.54) is 12.5 Å². The molecule has 114 valence electrons. The van der Waals surface area contributed by atoms with E-state index in [1.54, 1.807) is 6.07 Å². The number of nitro groups is 1. The average molecular weight is 293 g/mol. The van der Waals surface area contributed by atoms with Gasteiger partial charge in [0, 0.05) is 19.6 Å². The van der Waals surface area contributed by atoms with Crippen molar-refractivity contribution in [2.75, 3.05) is 24.5 Å². The standard InChI is InChI=1S/C15H20FN3O2/c16-12-4-5-13(14(10-12)19(20)21)18-9-8-17-11-15(18)6-2-1-3-7-15/h4-5,10,17H,1-3,6-9,11H2. The summed E-state index contributed by atoms with van der Waals surface area (Å²) in [6.07, 6.45) is 5.59. The maximum Gasteiger partial charge on any atom is 0.295 e. The molecule has 1 aromatic rings. The predicted molar refractivity (Wildman–Crippen MR) is 79.1 cm³/mol. The zero-order chi connectivity index (χ0) is 14.9. The van der Waals surface area contributed by atoms with Crippen LogP contribution >= 0.6 is 0 Å². The number of halogens is 1. The molecule has 0 amide bonds. The summed E-state index contributed by atoms with van der Waals surface area (Å²) in [5.74, 6) is -0.557. The Morgan fingerprint density at radius 3 is 2.76 bits per heavy atom. The number of hydrogen-bond acceptors (Lipinski definition) is 4. The minimum atomic E-state index is -0.557. The van der Waals surface area contributed by atoms with Crippen molar-refractivity contribution in [1.82, 2.24) is 5.32 Å². The highest BCUT2D eigenvalue weighted by Gasteiger charge is 2.41. The third-order valence-corrected chi connectivity index (χ3v) is 4.75. The zero-order valence-electron chi connectivity index (χ0n) is 12.0. The van der Waals surface area contributed by atoms with Gasteiger partial charge in [-0.05, 0) is 25.0 Å². The van der Waals surface area contributed by atoms with E-state index >= 15 is 0 Å². The molecule has 0 aromatic heterocycles. The van der Waals surface area contributed by atoms with E-state index in [1.807, 2.05) is 0 Å². The molecule has 3 rings (SSSR count). The highest BCUT2D eigenvalue weighted by atomic mass is 19.1. The van der Waals surface area contributed by atoms with Crippen LogP contribution in [0.3, 0.4) is 0 Å². The first-order valence-corrected chi connectivity index (χ1v) is 7.55. The minimum absolute atomic E-state index is 0.0565. The monoisotopic (exact) mass is 293 g/mol. The van der Waals surface area contributed by atoms with Crippen molar-refractivity contribution in [3.8, 4) is 0 Å². The van der Waals surface area contributed by atoms with Crippen molar-refractivity contribution in [1.29, 1.82) is 0 Å². The van der Waals surface area contributed by atoms with Crippen LogP contribution in [0.15, 0.2) is 18.2 Å². The van der Waals surface area contributed by atoms with Gasteiger partial charge in [0.2, 0.25) is 0 Å². The van der Waals surface area contributed by atoms with Crippen LogP contribution < -0.4 is 10.2 Å². The van der Waals surface area contributed by atoms with Gasteiger partial charge in [-0.25, -0.2) is 4.39 Å². The summed E-state index contributed by atoms with van der Waals surface area (Å²) in [5.41, 5.74) is 0.380. The topological polar surface area (TPSA) is 58.4 Å². The van der Waals surface area contributed by atoms with E-state index in [0.717, 1.165) is 51.4 Å². The predicted octanol–water partition coefficient (Wildman–Crippen LogP) is 2.85. The van der Waals surface area contributed by atoms with Gasteiger partial charge in [-0.3, -0.25) is 10.1 Å². The van der Waals surface area contributed by atoms with Crippen molar-refractivity contribution in [3.05, 3.63) is 34.1 Å². The Kier molecular flexibility index (Phi) is 3.80. The van der Waals surface area contributed by atoms with Gasteiger partial charge in [0.1, 0.15) is 11.5 Å². The van der Waals surface area contributed by atoms with Crippen LogP contribution in [0.5, 0.6) is 0 Å². The van der Waals surface area contributed by atoms with E-state index < -0.39 is 10.7 Å². The number of hydrogen-bond donors (Lipinski definition) is 1. The normalized spacial score (nSPS) is 21.5. The lowest BCUT2D eigenvalue weighted by Crippen LogP contribution is -2.62. The Morgan fingerprint density at radius 1 is 1.29 bits per heavy atom. The summed E-state index contributed by atoms with van der Waals surface area (Å²) in [6, 6.07) is 3.92. The zero-order valence-corrected chi connectivity index (χ0v) is 12.0. The molecule has 1 aromatic carbocycles. The Bertz CT molecular complexity index is 535. The molecule has 1 saturated carbocycles. The van der Waals surface area contributed by atoms with E-state index in [-0.39, 0.29) is 11.2 Å². The first kappa shape index (κ1) is 14.3. The molecule has 0 bridgehead atoms. The van der Waals surface area contributed by atoms with Gasteiger partial charge < -0.3 is 10.2 Å². The van der Waals surface area contributed by atoms with Gasteiger partial charge in [0.15, 0.2) is 0 Å². The molecular formula is C15H20FN3O2. The maximum absolute atomic E-state index is 13.4. The van der Waals surface area contributed by atoms with E-state index in [0.29, 0.717) is 5.69 Å². The number of nitrogens with zero attached hydrogens (tertiary/aromatic N) is 2. The number of rotatable bonds is 2. The third kappa shape index (κ3) is 2.60. The second-order valence-electron chi connectivity index (χ2n) is 6.00. The number of benzene rings is 1. The summed E-state index contributed by atoms with van der Waals surface area (Å²) in [5, 5.41) is 14.7. The number of nitrogens with one attached hydrogen (secondary N) is 1. The van der Waals surface area contributed by atoms with Crippen LogP contribution in [-0.2, 0) is 0 Å². The van der Waals surface area contributed by atoms with E-state index in [4.69, 9.17) is 0 Å². The third-order valence-electron chi connectivity index (χ3n) is 4.75. The van der Waals surface area contributed by atoms with Crippen LogP contribution in [0.4, 0.5) is 15.8 Å². The first-order chi connectivity index (χ1) is 10.1. The number of piperazine rings is 1. The molecule has 2 fully saturated rings. The molecule has 21 heavy (non-hydrogen) atoms. The fraction of sp³-hybridized carbons (Fsp3) is 0.600.